The van der Waals surface area contributed by atoms with Crippen molar-refractivity contribution in [1.82, 2.24) is 9.88 Å². The van der Waals surface area contributed by atoms with Crippen LogP contribution in [-0.2, 0) is 13.1 Å². The van der Waals surface area contributed by atoms with Crippen LogP contribution in [-0.4, -0.2) is 41.8 Å². The first-order valence-corrected chi connectivity index (χ1v) is 13.0. The van der Waals surface area contributed by atoms with Crippen molar-refractivity contribution in [2.45, 2.75) is 32.4 Å². The van der Waals surface area contributed by atoms with Gasteiger partial charge in [0.1, 0.15) is 5.82 Å². The second kappa shape index (κ2) is 11.0. The van der Waals surface area contributed by atoms with Gasteiger partial charge in [0, 0.05) is 54.4 Å². The molecular formula is C28H30Cl2N4O. The Morgan fingerprint density at radius 3 is 2.60 bits per heavy atom. The second-order valence-corrected chi connectivity index (χ2v) is 10.4. The minimum atomic E-state index is 0.174. The fourth-order valence-electron chi connectivity index (χ4n) is 5.02. The van der Waals surface area contributed by atoms with E-state index in [1.54, 1.807) is 12.3 Å². The van der Waals surface area contributed by atoms with Crippen LogP contribution in [0, 0.1) is 5.92 Å². The molecule has 2 aromatic carbocycles. The molecule has 35 heavy (non-hydrogen) atoms. The van der Waals surface area contributed by atoms with Crippen LogP contribution in [0.15, 0.2) is 60.8 Å². The summed E-state index contributed by atoms with van der Waals surface area (Å²) >= 11 is 12.6. The van der Waals surface area contributed by atoms with Crippen LogP contribution in [0.25, 0.3) is 0 Å². The molecule has 1 fully saturated rings. The van der Waals surface area contributed by atoms with Crippen molar-refractivity contribution in [1.29, 1.82) is 0 Å². The first-order chi connectivity index (χ1) is 17.0. The Balaban J connectivity index is 1.22. The molecule has 0 unspecified atom stereocenters. The third kappa shape index (κ3) is 5.97. The Hall–Kier alpha value is -2.60. The molecular weight excluding hydrogens is 479 g/mol. The molecule has 0 saturated carbocycles. The molecule has 3 aromatic rings. The molecule has 0 spiro atoms. The number of hydrogen-bond acceptors (Lipinski definition) is 5. The number of halogens is 2. The fraction of sp³-hybridized carbons (Fsp3) is 0.357. The van der Waals surface area contributed by atoms with Gasteiger partial charge < -0.3 is 10.2 Å². The highest BCUT2D eigenvalue weighted by Gasteiger charge is 2.25. The van der Waals surface area contributed by atoms with Crippen LogP contribution < -0.4 is 10.2 Å². The number of benzene rings is 2. The summed E-state index contributed by atoms with van der Waals surface area (Å²) < 4.78 is 0. The quantitative estimate of drug-likeness (QED) is 0.379. The second-order valence-electron chi connectivity index (χ2n) is 9.51. The van der Waals surface area contributed by atoms with Gasteiger partial charge in [-0.1, -0.05) is 53.5 Å². The Morgan fingerprint density at radius 2 is 1.80 bits per heavy atom. The lowest BCUT2D eigenvalue weighted by Gasteiger charge is -2.32. The molecule has 3 heterocycles. The molecule has 0 aliphatic carbocycles. The maximum Gasteiger partial charge on any atom is 0.164 e. The third-order valence-corrected chi connectivity index (χ3v) is 7.61. The molecule has 2 aliphatic rings. The van der Waals surface area contributed by atoms with Crippen LogP contribution in [0.2, 0.25) is 10.0 Å². The summed E-state index contributed by atoms with van der Waals surface area (Å²) in [7, 11) is 0. The van der Waals surface area contributed by atoms with E-state index in [1.807, 2.05) is 18.2 Å². The van der Waals surface area contributed by atoms with Gasteiger partial charge >= 0.3 is 0 Å². The summed E-state index contributed by atoms with van der Waals surface area (Å²) in [5, 5.41) is 4.70. The minimum Gasteiger partial charge on any atom is -0.367 e. The molecule has 1 N–H and O–H groups in total. The Labute approximate surface area is 217 Å². The number of nitrogens with zero attached hydrogens (tertiary/aromatic N) is 3. The van der Waals surface area contributed by atoms with Crippen molar-refractivity contribution in [3.8, 4) is 0 Å². The Kier molecular flexibility index (Phi) is 7.57. The van der Waals surface area contributed by atoms with Crippen LogP contribution in [0.4, 0.5) is 11.5 Å². The summed E-state index contributed by atoms with van der Waals surface area (Å²) in [5.41, 5.74) is 3.93. The summed E-state index contributed by atoms with van der Waals surface area (Å²) in [4.78, 5) is 22.5. The van der Waals surface area contributed by atoms with E-state index < -0.39 is 0 Å². The number of rotatable bonds is 7. The largest absolute Gasteiger partial charge is 0.367 e. The number of ketones is 1. The van der Waals surface area contributed by atoms with Crippen molar-refractivity contribution >= 4 is 40.5 Å². The predicted molar refractivity (Wildman–Crippen MR) is 144 cm³/mol. The number of anilines is 2. The summed E-state index contributed by atoms with van der Waals surface area (Å²) in [5.74, 6) is 1.40. The number of likely N-dealkylation sites (tertiary alicyclic amines) is 1. The molecule has 2 aliphatic heterocycles. The molecule has 0 radical (unpaired) electrons. The molecule has 5 rings (SSSR count). The molecule has 0 atom stereocenters. The van der Waals surface area contributed by atoms with Crippen molar-refractivity contribution in [2.75, 3.05) is 36.4 Å². The minimum absolute atomic E-state index is 0.174. The van der Waals surface area contributed by atoms with E-state index in [4.69, 9.17) is 23.2 Å². The van der Waals surface area contributed by atoms with Crippen molar-refractivity contribution < 1.29 is 4.79 Å². The Morgan fingerprint density at radius 1 is 1.00 bits per heavy atom. The van der Waals surface area contributed by atoms with Gasteiger partial charge in [-0.05, 0) is 67.2 Å². The predicted octanol–water partition coefficient (Wildman–Crippen LogP) is 6.31. The van der Waals surface area contributed by atoms with Gasteiger partial charge in [0.2, 0.25) is 0 Å². The van der Waals surface area contributed by atoms with Crippen LogP contribution in [0.3, 0.4) is 0 Å². The van der Waals surface area contributed by atoms with Crippen LogP contribution in [0.1, 0.15) is 40.7 Å². The number of carbonyl (C=O) groups excluding carboxylic acids is 1. The van der Waals surface area contributed by atoms with Gasteiger partial charge in [-0.3, -0.25) is 9.69 Å². The van der Waals surface area contributed by atoms with Crippen LogP contribution in [0.5, 0.6) is 0 Å². The molecule has 0 amide bonds. The van der Waals surface area contributed by atoms with E-state index >= 15 is 0 Å². The average Bonchev–Trinajstić information content (AvgIpc) is 2.88. The first kappa shape index (κ1) is 24.1. The van der Waals surface area contributed by atoms with Gasteiger partial charge in [-0.25, -0.2) is 4.98 Å². The number of carbonyl (C=O) groups is 1. The zero-order chi connectivity index (χ0) is 24.2. The monoisotopic (exact) mass is 508 g/mol. The summed E-state index contributed by atoms with van der Waals surface area (Å²) in [6.45, 7) is 5.26. The Bertz CT molecular complexity index is 1180. The van der Waals surface area contributed by atoms with Crippen molar-refractivity contribution in [3.05, 3.63) is 87.5 Å². The zero-order valence-electron chi connectivity index (χ0n) is 19.7. The van der Waals surface area contributed by atoms with Crippen molar-refractivity contribution in [3.63, 3.8) is 0 Å². The first-order valence-electron chi connectivity index (χ1n) is 12.3. The lowest BCUT2D eigenvalue weighted by molar-refractivity contribution is 0.0924. The number of piperidine rings is 1. The van der Waals surface area contributed by atoms with Gasteiger partial charge in [0.25, 0.3) is 0 Å². The number of nitrogens with one attached hydrogen (secondary N) is 1. The van der Waals surface area contributed by atoms with Crippen LogP contribution >= 0.6 is 23.2 Å². The molecule has 5 nitrogen and oxygen atoms in total. The van der Waals surface area contributed by atoms with Gasteiger partial charge in [-0.15, -0.1) is 0 Å². The number of hydrogen-bond donors (Lipinski definition) is 1. The maximum absolute atomic E-state index is 13.2. The molecule has 1 saturated heterocycles. The number of pyridine rings is 1. The molecule has 7 heteroatoms. The topological polar surface area (TPSA) is 48.5 Å². The lowest BCUT2D eigenvalue weighted by atomic mass is 9.90. The summed E-state index contributed by atoms with van der Waals surface area (Å²) in [6.07, 6.45) is 4.40. The molecule has 182 valence electrons. The van der Waals surface area contributed by atoms with Crippen molar-refractivity contribution in [2.24, 2.45) is 5.92 Å². The van der Waals surface area contributed by atoms with E-state index in [1.165, 1.54) is 5.56 Å². The molecule has 1 aromatic heterocycles. The highest BCUT2D eigenvalue weighted by molar-refractivity contribution is 6.33. The fourth-order valence-corrected chi connectivity index (χ4v) is 5.39. The molecule has 0 bridgehead atoms. The van der Waals surface area contributed by atoms with Gasteiger partial charge in [-0.2, -0.15) is 0 Å². The highest BCUT2D eigenvalue weighted by Crippen LogP contribution is 2.32. The number of Topliss-reactive ketones (excluding diaryl/α,β-unsaturated/α-hetero) is 1. The maximum atomic E-state index is 13.2. The summed E-state index contributed by atoms with van der Waals surface area (Å²) in [6, 6.07) is 18.1. The number of fused-ring (bicyclic) bond motifs is 1. The average molecular weight is 509 g/mol. The van der Waals surface area contributed by atoms with E-state index in [-0.39, 0.29) is 5.78 Å². The number of aromatic nitrogens is 1. The van der Waals surface area contributed by atoms with E-state index in [0.717, 1.165) is 62.6 Å². The van der Waals surface area contributed by atoms with Gasteiger partial charge in [0.15, 0.2) is 5.78 Å². The smallest absolute Gasteiger partial charge is 0.164 e. The van der Waals surface area contributed by atoms with E-state index in [2.05, 4.69) is 50.4 Å². The SMILES string of the molecule is O=C(CC1CCN(Cc2ccccc2)CC1)c1cnc2c(c1)N(Cc1cc(Cl)ccc1Cl)CCN2. The zero-order valence-corrected chi connectivity index (χ0v) is 21.2. The lowest BCUT2D eigenvalue weighted by Crippen LogP contribution is -2.34. The normalized spacial score (nSPS) is 16.6. The standard InChI is InChI=1S/C28H30Cl2N4O/c29-24-6-7-25(30)23(15-24)19-34-13-10-31-28-26(34)16-22(17-32-28)27(35)14-20-8-11-33(12-9-20)18-21-4-2-1-3-5-21/h1-7,15-17,20H,8-14,18-19H2,(H,31,32). The third-order valence-electron chi connectivity index (χ3n) is 7.00. The van der Waals surface area contributed by atoms with E-state index in [9.17, 15) is 4.79 Å². The highest BCUT2D eigenvalue weighted by atomic mass is 35.5. The van der Waals surface area contributed by atoms with Gasteiger partial charge in [0.05, 0.1) is 5.69 Å². The van der Waals surface area contributed by atoms with E-state index in [0.29, 0.717) is 34.5 Å².